The third kappa shape index (κ3) is 4.41. The monoisotopic (exact) mass is 292 g/mol. The topological polar surface area (TPSA) is 81.4 Å². The van der Waals surface area contributed by atoms with Crippen molar-refractivity contribution in [1.82, 2.24) is 5.43 Å². The lowest BCUT2D eigenvalue weighted by molar-refractivity contribution is 0.0472. The first kappa shape index (κ1) is 16.9. The fraction of sp³-hybridized carbons (Fsp3) is 1.00. The molecule has 5 nitrogen and oxygen atoms in total. The maximum atomic E-state index is 11.5. The Morgan fingerprint density at radius 2 is 1.89 bits per heavy atom. The molecule has 1 fully saturated rings. The van der Waals surface area contributed by atoms with Gasteiger partial charge in [-0.05, 0) is 32.6 Å². The number of ether oxygens (including phenoxy) is 1. The van der Waals surface area contributed by atoms with Crippen LogP contribution in [0, 0.1) is 11.8 Å². The Kier molecular flexibility index (Phi) is 6.23. The molecule has 1 aliphatic rings. The first-order valence-electron chi connectivity index (χ1n) is 7.14. The second-order valence-electron chi connectivity index (χ2n) is 5.63. The van der Waals surface area contributed by atoms with E-state index in [0.29, 0.717) is 18.3 Å². The van der Waals surface area contributed by atoms with Gasteiger partial charge in [0.05, 0.1) is 18.0 Å². The van der Waals surface area contributed by atoms with Gasteiger partial charge in [0.2, 0.25) is 0 Å². The predicted molar refractivity (Wildman–Crippen MR) is 77.3 cm³/mol. The zero-order valence-corrected chi connectivity index (χ0v) is 13.2. The molecular formula is C13H28N2O3S. The molecular weight excluding hydrogens is 264 g/mol. The van der Waals surface area contributed by atoms with E-state index in [1.165, 1.54) is 0 Å². The first-order valence-corrected chi connectivity index (χ1v) is 8.96. The highest BCUT2D eigenvalue weighted by molar-refractivity contribution is 7.91. The number of nitrogens with two attached hydrogens (primary N) is 1. The summed E-state index contributed by atoms with van der Waals surface area (Å²) < 4.78 is 28.8. The van der Waals surface area contributed by atoms with Crippen molar-refractivity contribution in [2.45, 2.75) is 58.8 Å². The Hall–Kier alpha value is -0.170. The van der Waals surface area contributed by atoms with Gasteiger partial charge in [-0.3, -0.25) is 11.3 Å². The van der Waals surface area contributed by atoms with Crippen LogP contribution >= 0.6 is 0 Å². The molecule has 1 aliphatic heterocycles. The molecule has 3 N–H and O–H groups in total. The zero-order valence-electron chi connectivity index (χ0n) is 12.4. The van der Waals surface area contributed by atoms with Crippen LogP contribution in [0.15, 0.2) is 0 Å². The molecule has 0 aromatic heterocycles. The molecule has 0 saturated carbocycles. The van der Waals surface area contributed by atoms with Gasteiger partial charge in [-0.2, -0.15) is 0 Å². The fourth-order valence-corrected chi connectivity index (χ4v) is 3.94. The number of hydrazine groups is 1. The third-order valence-corrected chi connectivity index (χ3v) is 6.20. The molecule has 0 aliphatic carbocycles. The van der Waals surface area contributed by atoms with Crippen LogP contribution in [0.3, 0.4) is 0 Å². The largest absolute Gasteiger partial charge is 0.375 e. The summed E-state index contributed by atoms with van der Waals surface area (Å²) >= 11 is 0. The maximum Gasteiger partial charge on any atom is 0.150 e. The van der Waals surface area contributed by atoms with Gasteiger partial charge < -0.3 is 4.74 Å². The Morgan fingerprint density at radius 1 is 1.26 bits per heavy atom. The maximum absolute atomic E-state index is 11.5. The van der Waals surface area contributed by atoms with E-state index in [2.05, 4.69) is 26.2 Å². The lowest BCUT2D eigenvalue weighted by Gasteiger charge is -2.28. The Balaban J connectivity index is 2.54. The molecule has 5 unspecified atom stereocenters. The van der Waals surface area contributed by atoms with Gasteiger partial charge in [0.1, 0.15) is 9.84 Å². The van der Waals surface area contributed by atoms with Crippen molar-refractivity contribution in [1.29, 1.82) is 0 Å². The third-order valence-electron chi connectivity index (χ3n) is 4.41. The van der Waals surface area contributed by atoms with E-state index in [1.54, 1.807) is 6.92 Å². The van der Waals surface area contributed by atoms with E-state index in [9.17, 15) is 8.42 Å². The average Bonchev–Trinajstić information content (AvgIpc) is 2.60. The van der Waals surface area contributed by atoms with Crippen molar-refractivity contribution in [2.24, 2.45) is 17.7 Å². The van der Waals surface area contributed by atoms with Gasteiger partial charge >= 0.3 is 0 Å². The molecule has 1 saturated heterocycles. The van der Waals surface area contributed by atoms with E-state index in [4.69, 9.17) is 10.6 Å². The van der Waals surface area contributed by atoms with Crippen LogP contribution in [-0.4, -0.2) is 38.2 Å². The Morgan fingerprint density at radius 3 is 2.32 bits per heavy atom. The average molecular weight is 292 g/mol. The van der Waals surface area contributed by atoms with Crippen molar-refractivity contribution in [3.8, 4) is 0 Å². The molecule has 1 heterocycles. The summed E-state index contributed by atoms with van der Waals surface area (Å²) in [5.41, 5.74) is 2.85. The number of sulfone groups is 1. The van der Waals surface area contributed by atoms with Gasteiger partial charge in [0, 0.05) is 17.7 Å². The van der Waals surface area contributed by atoms with Gasteiger partial charge in [-0.1, -0.05) is 13.8 Å². The molecule has 5 atom stereocenters. The zero-order chi connectivity index (χ0) is 14.6. The summed E-state index contributed by atoms with van der Waals surface area (Å²) in [5.74, 6) is 6.87. The number of rotatable bonds is 7. The standard InChI is InChI=1S/C13H28N2O3S/c1-5-19(16,17)8-6-7-12(15-14)13-9(2)10(3)18-11(13)4/h9-13,15H,5-8,14H2,1-4H3. The summed E-state index contributed by atoms with van der Waals surface area (Å²) in [6, 6.07) is 0.113. The van der Waals surface area contributed by atoms with Crippen molar-refractivity contribution in [3.63, 3.8) is 0 Å². The molecule has 114 valence electrons. The molecule has 19 heavy (non-hydrogen) atoms. The fourth-order valence-electron chi connectivity index (χ4n) is 3.04. The van der Waals surface area contributed by atoms with Crippen LogP contribution in [0.4, 0.5) is 0 Å². The van der Waals surface area contributed by atoms with Gasteiger partial charge in [0.15, 0.2) is 0 Å². The van der Waals surface area contributed by atoms with Crippen molar-refractivity contribution in [2.75, 3.05) is 11.5 Å². The van der Waals surface area contributed by atoms with E-state index in [-0.39, 0.29) is 29.8 Å². The lowest BCUT2D eigenvalue weighted by atomic mass is 9.82. The van der Waals surface area contributed by atoms with E-state index >= 15 is 0 Å². The summed E-state index contributed by atoms with van der Waals surface area (Å²) in [6.07, 6.45) is 1.81. The summed E-state index contributed by atoms with van der Waals surface area (Å²) in [5, 5.41) is 0. The second-order valence-corrected chi connectivity index (χ2v) is 8.11. The van der Waals surface area contributed by atoms with Gasteiger partial charge in [0.25, 0.3) is 0 Å². The summed E-state index contributed by atoms with van der Waals surface area (Å²) in [4.78, 5) is 0. The minimum absolute atomic E-state index is 0.113. The van der Waals surface area contributed by atoms with Crippen molar-refractivity contribution in [3.05, 3.63) is 0 Å². The summed E-state index contributed by atoms with van der Waals surface area (Å²) in [6.45, 7) is 8.00. The van der Waals surface area contributed by atoms with Crippen molar-refractivity contribution < 1.29 is 13.2 Å². The number of hydrogen-bond acceptors (Lipinski definition) is 5. The molecule has 1 rings (SSSR count). The van der Waals surface area contributed by atoms with Gasteiger partial charge in [-0.25, -0.2) is 8.42 Å². The van der Waals surface area contributed by atoms with E-state index in [0.717, 1.165) is 6.42 Å². The number of hydrogen-bond donors (Lipinski definition) is 2. The van der Waals surface area contributed by atoms with Crippen LogP contribution in [0.25, 0.3) is 0 Å². The molecule has 0 aromatic carbocycles. The molecule has 0 radical (unpaired) electrons. The molecule has 6 heteroatoms. The molecule has 0 bridgehead atoms. The smallest absolute Gasteiger partial charge is 0.150 e. The van der Waals surface area contributed by atoms with E-state index in [1.807, 2.05) is 0 Å². The molecule has 0 amide bonds. The van der Waals surface area contributed by atoms with Crippen LogP contribution in [0.2, 0.25) is 0 Å². The molecule has 0 aromatic rings. The number of nitrogens with one attached hydrogen (secondary N) is 1. The van der Waals surface area contributed by atoms with Crippen LogP contribution < -0.4 is 11.3 Å². The molecule has 0 spiro atoms. The van der Waals surface area contributed by atoms with Crippen molar-refractivity contribution >= 4 is 9.84 Å². The predicted octanol–water partition coefficient (Wildman–Crippen LogP) is 1.09. The van der Waals surface area contributed by atoms with Crippen LogP contribution in [0.5, 0.6) is 0 Å². The van der Waals surface area contributed by atoms with Crippen LogP contribution in [-0.2, 0) is 14.6 Å². The first-order chi connectivity index (χ1) is 8.82. The minimum atomic E-state index is -2.88. The van der Waals surface area contributed by atoms with Gasteiger partial charge in [-0.15, -0.1) is 0 Å². The minimum Gasteiger partial charge on any atom is -0.375 e. The quantitative estimate of drug-likeness (QED) is 0.542. The highest BCUT2D eigenvalue weighted by atomic mass is 32.2. The highest BCUT2D eigenvalue weighted by Gasteiger charge is 2.41. The van der Waals surface area contributed by atoms with E-state index < -0.39 is 9.84 Å². The Labute approximate surface area is 117 Å². The second kappa shape index (κ2) is 7.02. The summed E-state index contributed by atoms with van der Waals surface area (Å²) in [7, 11) is -2.88. The lowest BCUT2D eigenvalue weighted by Crippen LogP contribution is -2.45. The normalized spacial score (nSPS) is 33.5. The Bertz CT molecular complexity index is 372. The SMILES string of the molecule is CCS(=O)(=O)CCCC(NN)C1C(C)OC(C)C1C. The van der Waals surface area contributed by atoms with Crippen LogP contribution in [0.1, 0.15) is 40.5 Å². The highest BCUT2D eigenvalue weighted by Crippen LogP contribution is 2.35.